The maximum atomic E-state index is 13.0. The van der Waals surface area contributed by atoms with E-state index in [4.69, 9.17) is 0 Å². The highest BCUT2D eigenvalue weighted by atomic mass is 32.2. The van der Waals surface area contributed by atoms with Gasteiger partial charge in [0.2, 0.25) is 5.91 Å². The topological polar surface area (TPSA) is 71.5 Å². The Kier molecular flexibility index (Phi) is 6.04. The Hall–Kier alpha value is -2.47. The highest BCUT2D eigenvalue weighted by Gasteiger charge is 2.46. The van der Waals surface area contributed by atoms with Crippen LogP contribution in [0.1, 0.15) is 55.3 Å². The molecular formula is C24H27NO4S. The third-order valence-corrected chi connectivity index (χ3v) is 8.57. The number of piperidine rings is 1. The van der Waals surface area contributed by atoms with Crippen molar-refractivity contribution >= 4 is 21.5 Å². The van der Waals surface area contributed by atoms with Gasteiger partial charge >= 0.3 is 0 Å². The average Bonchev–Trinajstić information content (AvgIpc) is 3.04. The minimum Gasteiger partial charge on any atom is -0.337 e. The van der Waals surface area contributed by atoms with Crippen molar-refractivity contribution in [2.24, 2.45) is 0 Å². The molecule has 2 fully saturated rings. The van der Waals surface area contributed by atoms with E-state index in [-0.39, 0.29) is 23.8 Å². The predicted molar refractivity (Wildman–Crippen MR) is 115 cm³/mol. The van der Waals surface area contributed by atoms with E-state index in [9.17, 15) is 18.0 Å². The Morgan fingerprint density at radius 2 is 1.40 bits per heavy atom. The van der Waals surface area contributed by atoms with E-state index in [1.54, 1.807) is 36.4 Å². The summed E-state index contributed by atoms with van der Waals surface area (Å²) in [5, 5.41) is -0.430. The number of sulfone groups is 1. The Bertz CT molecular complexity index is 990. The number of benzene rings is 2. The molecule has 2 heterocycles. The van der Waals surface area contributed by atoms with Crippen molar-refractivity contribution in [1.29, 1.82) is 0 Å². The summed E-state index contributed by atoms with van der Waals surface area (Å²) in [4.78, 5) is 27.4. The molecule has 2 saturated heterocycles. The summed E-state index contributed by atoms with van der Waals surface area (Å²) in [5.74, 6) is 0.109. The van der Waals surface area contributed by atoms with Crippen LogP contribution in [-0.4, -0.2) is 42.3 Å². The minimum atomic E-state index is -3.38. The van der Waals surface area contributed by atoms with Gasteiger partial charge in [-0.1, -0.05) is 48.5 Å². The first-order valence-electron chi connectivity index (χ1n) is 10.6. The second-order valence-corrected chi connectivity index (χ2v) is 10.5. The van der Waals surface area contributed by atoms with Crippen LogP contribution in [0.3, 0.4) is 0 Å². The molecule has 6 heteroatoms. The summed E-state index contributed by atoms with van der Waals surface area (Å²) in [5.41, 5.74) is 0.678. The molecular weight excluding hydrogens is 398 g/mol. The van der Waals surface area contributed by atoms with Gasteiger partial charge < -0.3 is 4.90 Å². The average molecular weight is 426 g/mol. The lowest BCUT2D eigenvalue weighted by Gasteiger charge is -2.38. The number of nitrogens with zero attached hydrogens (tertiary/aromatic N) is 1. The van der Waals surface area contributed by atoms with Crippen LogP contribution in [0.2, 0.25) is 0 Å². The highest BCUT2D eigenvalue weighted by molar-refractivity contribution is 7.92. The second-order valence-electron chi connectivity index (χ2n) is 8.28. The highest BCUT2D eigenvalue weighted by Crippen LogP contribution is 2.40. The molecule has 0 radical (unpaired) electrons. The zero-order chi connectivity index (χ0) is 21.1. The van der Waals surface area contributed by atoms with Gasteiger partial charge in [-0.2, -0.15) is 0 Å². The van der Waals surface area contributed by atoms with Crippen molar-refractivity contribution in [2.45, 2.75) is 67.2 Å². The standard InChI is InChI=1S/C24H27NO4S/c26-23(18-8-3-1-4-9-18)12-7-13-24(27)25-19-14-15-20(25)17-22(16-19)30(28,29)21-10-5-2-6-11-21/h1-6,8-11,19-20,22H,7,12-17H2. The third kappa shape index (κ3) is 4.19. The molecule has 2 bridgehead atoms. The normalized spacial score (nSPS) is 23.3. The fourth-order valence-corrected chi connectivity index (χ4v) is 6.76. The van der Waals surface area contributed by atoms with E-state index in [2.05, 4.69) is 0 Å². The van der Waals surface area contributed by atoms with Crippen molar-refractivity contribution in [3.05, 3.63) is 66.2 Å². The molecule has 2 atom stereocenters. The lowest BCUT2D eigenvalue weighted by Crippen LogP contribution is -2.49. The van der Waals surface area contributed by atoms with Crippen LogP contribution >= 0.6 is 0 Å². The molecule has 0 N–H and O–H groups in total. The van der Waals surface area contributed by atoms with Crippen LogP contribution < -0.4 is 0 Å². The Morgan fingerprint density at radius 1 is 0.833 bits per heavy atom. The number of ketones is 1. The maximum absolute atomic E-state index is 13.0. The molecule has 2 aromatic carbocycles. The van der Waals surface area contributed by atoms with Gasteiger partial charge in [-0.05, 0) is 44.2 Å². The van der Waals surface area contributed by atoms with Crippen LogP contribution in [0.15, 0.2) is 65.6 Å². The maximum Gasteiger partial charge on any atom is 0.223 e. The van der Waals surface area contributed by atoms with Gasteiger partial charge in [-0.15, -0.1) is 0 Å². The third-order valence-electron chi connectivity index (χ3n) is 6.38. The lowest BCUT2D eigenvalue weighted by atomic mass is 10.0. The molecule has 4 rings (SSSR count). The summed E-state index contributed by atoms with van der Waals surface area (Å²) in [6, 6.07) is 17.7. The molecule has 2 aromatic rings. The number of hydrogen-bond acceptors (Lipinski definition) is 4. The fraction of sp³-hybridized carbons (Fsp3) is 0.417. The molecule has 2 aliphatic rings. The molecule has 0 aromatic heterocycles. The van der Waals surface area contributed by atoms with Crippen LogP contribution in [-0.2, 0) is 14.6 Å². The van der Waals surface area contributed by atoms with E-state index >= 15 is 0 Å². The number of hydrogen-bond donors (Lipinski definition) is 0. The number of rotatable bonds is 7. The number of carbonyl (C=O) groups is 2. The smallest absolute Gasteiger partial charge is 0.223 e. The number of carbonyl (C=O) groups excluding carboxylic acids is 2. The van der Waals surface area contributed by atoms with Gasteiger partial charge in [0, 0.05) is 30.5 Å². The van der Waals surface area contributed by atoms with E-state index in [1.807, 2.05) is 29.2 Å². The van der Waals surface area contributed by atoms with Gasteiger partial charge in [0.1, 0.15) is 0 Å². The van der Waals surface area contributed by atoms with Gasteiger partial charge in [-0.3, -0.25) is 9.59 Å². The van der Waals surface area contributed by atoms with E-state index in [0.29, 0.717) is 42.6 Å². The van der Waals surface area contributed by atoms with Crippen LogP contribution in [0.4, 0.5) is 0 Å². The van der Waals surface area contributed by atoms with Crippen molar-refractivity contribution in [1.82, 2.24) is 4.90 Å². The molecule has 5 nitrogen and oxygen atoms in total. The number of fused-ring (bicyclic) bond motifs is 2. The predicted octanol–water partition coefficient (Wildman–Crippen LogP) is 4.04. The molecule has 158 valence electrons. The summed E-state index contributed by atoms with van der Waals surface area (Å²) in [6.07, 6.45) is 3.94. The van der Waals surface area contributed by atoms with E-state index < -0.39 is 15.1 Å². The van der Waals surface area contributed by atoms with E-state index in [0.717, 1.165) is 12.8 Å². The van der Waals surface area contributed by atoms with Crippen molar-refractivity contribution in [3.63, 3.8) is 0 Å². The first kappa shape index (κ1) is 20.8. The molecule has 2 unspecified atom stereocenters. The Morgan fingerprint density at radius 3 is 2.00 bits per heavy atom. The van der Waals surface area contributed by atoms with Crippen LogP contribution in [0.25, 0.3) is 0 Å². The van der Waals surface area contributed by atoms with Crippen molar-refractivity contribution in [3.8, 4) is 0 Å². The van der Waals surface area contributed by atoms with Gasteiger partial charge in [0.05, 0.1) is 10.1 Å². The van der Waals surface area contributed by atoms with Crippen LogP contribution in [0, 0.1) is 0 Å². The molecule has 0 spiro atoms. The molecule has 0 saturated carbocycles. The monoisotopic (exact) mass is 425 g/mol. The number of amides is 1. The Balaban J connectivity index is 1.35. The minimum absolute atomic E-state index is 0.00966. The first-order chi connectivity index (χ1) is 14.5. The van der Waals surface area contributed by atoms with Gasteiger partial charge in [-0.25, -0.2) is 8.42 Å². The second kappa shape index (κ2) is 8.72. The van der Waals surface area contributed by atoms with E-state index in [1.165, 1.54) is 0 Å². The zero-order valence-corrected chi connectivity index (χ0v) is 17.8. The van der Waals surface area contributed by atoms with Gasteiger partial charge in [0.15, 0.2) is 15.6 Å². The fourth-order valence-electron chi connectivity index (χ4n) is 4.89. The summed E-state index contributed by atoms with van der Waals surface area (Å²) < 4.78 is 26.0. The summed E-state index contributed by atoms with van der Waals surface area (Å²) >= 11 is 0. The summed E-state index contributed by atoms with van der Waals surface area (Å²) in [7, 11) is -3.38. The molecule has 30 heavy (non-hydrogen) atoms. The van der Waals surface area contributed by atoms with Crippen molar-refractivity contribution in [2.75, 3.05) is 0 Å². The largest absolute Gasteiger partial charge is 0.337 e. The SMILES string of the molecule is O=C(CCCC(=O)N1C2CCC1CC(S(=O)(=O)c1ccccc1)C2)c1ccccc1. The Labute approximate surface area is 178 Å². The lowest BCUT2D eigenvalue weighted by molar-refractivity contribution is -0.135. The number of Topliss-reactive ketones (excluding diaryl/α,β-unsaturated/α-hetero) is 1. The molecule has 1 amide bonds. The first-order valence-corrected chi connectivity index (χ1v) is 12.2. The summed E-state index contributed by atoms with van der Waals surface area (Å²) in [6.45, 7) is 0. The van der Waals surface area contributed by atoms with Gasteiger partial charge in [0.25, 0.3) is 0 Å². The van der Waals surface area contributed by atoms with Crippen LogP contribution in [0.5, 0.6) is 0 Å². The molecule has 0 aliphatic carbocycles. The quantitative estimate of drug-likeness (QED) is 0.628. The molecule has 2 aliphatic heterocycles. The zero-order valence-electron chi connectivity index (χ0n) is 16.9. The van der Waals surface area contributed by atoms with Crippen molar-refractivity contribution < 1.29 is 18.0 Å².